The molecule has 0 saturated carbocycles. The molecule has 0 saturated heterocycles. The number of benzene rings is 2. The third-order valence-electron chi connectivity index (χ3n) is 4.36. The third kappa shape index (κ3) is 6.06. The summed E-state index contributed by atoms with van der Waals surface area (Å²) >= 11 is 6.13. The van der Waals surface area contributed by atoms with E-state index < -0.39 is 10.0 Å². The molecule has 0 bridgehead atoms. The average Bonchev–Trinajstić information content (AvgIpc) is 2.55. The summed E-state index contributed by atoms with van der Waals surface area (Å²) in [4.78, 5) is 12.5. The zero-order valence-electron chi connectivity index (χ0n) is 16.0. The Kier molecular flexibility index (Phi) is 7.03. The van der Waals surface area contributed by atoms with Crippen LogP contribution < -0.4 is 5.32 Å². The van der Waals surface area contributed by atoms with E-state index in [9.17, 15) is 13.2 Å². The van der Waals surface area contributed by atoms with E-state index in [1.54, 1.807) is 24.3 Å². The number of carbonyl (C=O) groups is 1. The Labute approximate surface area is 166 Å². The van der Waals surface area contributed by atoms with E-state index in [0.717, 1.165) is 27.3 Å². The van der Waals surface area contributed by atoms with Gasteiger partial charge in [-0.15, -0.1) is 0 Å². The van der Waals surface area contributed by atoms with Gasteiger partial charge in [0.2, 0.25) is 15.9 Å². The van der Waals surface area contributed by atoms with E-state index >= 15 is 0 Å². The van der Waals surface area contributed by atoms with Crippen LogP contribution in [0.1, 0.15) is 35.2 Å². The molecule has 0 heterocycles. The van der Waals surface area contributed by atoms with E-state index in [-0.39, 0.29) is 25.0 Å². The summed E-state index contributed by atoms with van der Waals surface area (Å²) in [5, 5.41) is 3.35. The van der Waals surface area contributed by atoms with Crippen LogP contribution >= 0.6 is 11.6 Å². The summed E-state index contributed by atoms with van der Waals surface area (Å²) in [5.74, 6) is -0.361. The molecule has 2 aromatic carbocycles. The van der Waals surface area contributed by atoms with Gasteiger partial charge >= 0.3 is 0 Å². The SMILES string of the molecule is Cc1ccc(C(C)NC(=O)CN(Cc2ccccc2Cl)S(C)(=O)=O)c(C)c1. The molecule has 1 N–H and O–H groups in total. The minimum Gasteiger partial charge on any atom is -0.348 e. The first-order chi connectivity index (χ1) is 12.6. The van der Waals surface area contributed by atoms with Crippen LogP contribution in [-0.2, 0) is 21.4 Å². The van der Waals surface area contributed by atoms with Gasteiger partial charge in [0.1, 0.15) is 0 Å². The van der Waals surface area contributed by atoms with Crippen LogP contribution in [0.25, 0.3) is 0 Å². The van der Waals surface area contributed by atoms with Gasteiger partial charge in [-0.05, 0) is 43.5 Å². The molecule has 0 aliphatic carbocycles. The van der Waals surface area contributed by atoms with Crippen molar-refractivity contribution >= 4 is 27.5 Å². The summed E-state index contributed by atoms with van der Waals surface area (Å²) in [6.45, 7) is 5.67. The number of sulfonamides is 1. The van der Waals surface area contributed by atoms with Crippen LogP contribution in [0.5, 0.6) is 0 Å². The molecule has 0 fully saturated rings. The number of amides is 1. The summed E-state index contributed by atoms with van der Waals surface area (Å²) in [7, 11) is -3.58. The molecule has 0 radical (unpaired) electrons. The number of nitrogens with zero attached hydrogens (tertiary/aromatic N) is 1. The van der Waals surface area contributed by atoms with Crippen LogP contribution in [-0.4, -0.2) is 31.4 Å². The predicted molar refractivity (Wildman–Crippen MR) is 109 cm³/mol. The zero-order valence-corrected chi connectivity index (χ0v) is 17.6. The maximum atomic E-state index is 12.5. The van der Waals surface area contributed by atoms with Crippen molar-refractivity contribution in [2.24, 2.45) is 0 Å². The smallest absolute Gasteiger partial charge is 0.235 e. The summed E-state index contributed by atoms with van der Waals surface area (Å²) in [6.07, 6.45) is 1.09. The Morgan fingerprint density at radius 3 is 2.44 bits per heavy atom. The standard InChI is InChI=1S/C20H25ClN2O3S/c1-14-9-10-18(15(2)11-14)16(3)22-20(24)13-23(27(4,25)26)12-17-7-5-6-8-19(17)21/h5-11,16H,12-13H2,1-4H3,(H,22,24). The van der Waals surface area contributed by atoms with Gasteiger partial charge in [0.05, 0.1) is 18.8 Å². The maximum absolute atomic E-state index is 12.5. The molecule has 1 amide bonds. The lowest BCUT2D eigenvalue weighted by molar-refractivity contribution is -0.122. The number of nitrogens with one attached hydrogen (secondary N) is 1. The molecule has 2 aromatic rings. The van der Waals surface area contributed by atoms with Gasteiger partial charge in [-0.25, -0.2) is 8.42 Å². The monoisotopic (exact) mass is 408 g/mol. The van der Waals surface area contributed by atoms with E-state index in [1.165, 1.54) is 0 Å². The summed E-state index contributed by atoms with van der Waals surface area (Å²) in [6, 6.07) is 12.8. The number of hydrogen-bond donors (Lipinski definition) is 1. The quantitative estimate of drug-likeness (QED) is 0.761. The van der Waals surface area contributed by atoms with Crippen LogP contribution in [0.15, 0.2) is 42.5 Å². The van der Waals surface area contributed by atoms with E-state index in [0.29, 0.717) is 10.6 Å². The third-order valence-corrected chi connectivity index (χ3v) is 5.93. The summed E-state index contributed by atoms with van der Waals surface area (Å²) < 4.78 is 25.4. The lowest BCUT2D eigenvalue weighted by atomic mass is 10.0. The van der Waals surface area contributed by atoms with E-state index in [1.807, 2.05) is 32.9 Å². The molecular formula is C20H25ClN2O3S. The van der Waals surface area contributed by atoms with E-state index in [4.69, 9.17) is 11.6 Å². The number of carbonyl (C=O) groups excluding carboxylic acids is 1. The van der Waals surface area contributed by atoms with Crippen molar-refractivity contribution in [1.82, 2.24) is 9.62 Å². The van der Waals surface area contributed by atoms with Gasteiger partial charge < -0.3 is 5.32 Å². The minimum atomic E-state index is -3.58. The molecule has 1 unspecified atom stereocenters. The van der Waals surface area contributed by atoms with Crippen molar-refractivity contribution in [1.29, 1.82) is 0 Å². The average molecular weight is 409 g/mol. The maximum Gasteiger partial charge on any atom is 0.235 e. The molecule has 0 aliphatic heterocycles. The van der Waals surface area contributed by atoms with Gasteiger partial charge in [-0.3, -0.25) is 4.79 Å². The van der Waals surface area contributed by atoms with Gasteiger partial charge in [-0.1, -0.05) is 53.6 Å². The van der Waals surface area contributed by atoms with Crippen LogP contribution in [0.4, 0.5) is 0 Å². The highest BCUT2D eigenvalue weighted by Crippen LogP contribution is 2.20. The first-order valence-electron chi connectivity index (χ1n) is 8.63. The minimum absolute atomic E-state index is 0.0455. The zero-order chi connectivity index (χ0) is 20.2. The molecule has 0 aromatic heterocycles. The van der Waals surface area contributed by atoms with Crippen molar-refractivity contribution in [3.8, 4) is 0 Å². The van der Waals surface area contributed by atoms with Crippen molar-refractivity contribution in [3.05, 3.63) is 69.7 Å². The molecule has 146 valence electrons. The fourth-order valence-electron chi connectivity index (χ4n) is 2.94. The second-order valence-corrected chi connectivity index (χ2v) is 9.16. The van der Waals surface area contributed by atoms with Gasteiger partial charge in [0, 0.05) is 11.6 Å². The highest BCUT2D eigenvalue weighted by Gasteiger charge is 2.22. The molecule has 0 aliphatic rings. The highest BCUT2D eigenvalue weighted by atomic mass is 35.5. The Morgan fingerprint density at radius 1 is 1.19 bits per heavy atom. The molecule has 1 atom stereocenters. The molecule has 2 rings (SSSR count). The summed E-state index contributed by atoms with van der Waals surface area (Å²) in [5.41, 5.74) is 3.89. The first-order valence-corrected chi connectivity index (χ1v) is 10.9. The fraction of sp³-hybridized carbons (Fsp3) is 0.350. The highest BCUT2D eigenvalue weighted by molar-refractivity contribution is 7.88. The van der Waals surface area contributed by atoms with Crippen LogP contribution in [0, 0.1) is 13.8 Å². The van der Waals surface area contributed by atoms with E-state index in [2.05, 4.69) is 11.4 Å². The second-order valence-electron chi connectivity index (χ2n) is 6.77. The number of hydrogen-bond acceptors (Lipinski definition) is 3. The molecule has 5 nitrogen and oxygen atoms in total. The first kappa shape index (κ1) is 21.4. The number of halogens is 1. The van der Waals surface area contributed by atoms with Crippen molar-refractivity contribution in [2.75, 3.05) is 12.8 Å². The molecule has 27 heavy (non-hydrogen) atoms. The van der Waals surface area contributed by atoms with Gasteiger partial charge in [0.15, 0.2) is 0 Å². The van der Waals surface area contributed by atoms with Crippen LogP contribution in [0.2, 0.25) is 5.02 Å². The number of rotatable bonds is 7. The Hall–Kier alpha value is -1.89. The fourth-order valence-corrected chi connectivity index (χ4v) is 3.86. The topological polar surface area (TPSA) is 66.5 Å². The second kappa shape index (κ2) is 8.87. The molecule has 7 heteroatoms. The number of aryl methyl sites for hydroxylation is 2. The lowest BCUT2D eigenvalue weighted by Crippen LogP contribution is -2.40. The van der Waals surface area contributed by atoms with Crippen molar-refractivity contribution < 1.29 is 13.2 Å². The Bertz CT molecular complexity index is 929. The Morgan fingerprint density at radius 2 is 1.85 bits per heavy atom. The molecule has 0 spiro atoms. The lowest BCUT2D eigenvalue weighted by Gasteiger charge is -2.22. The van der Waals surface area contributed by atoms with Crippen LogP contribution in [0.3, 0.4) is 0 Å². The Balaban J connectivity index is 2.11. The van der Waals surface area contributed by atoms with Crippen molar-refractivity contribution in [3.63, 3.8) is 0 Å². The predicted octanol–water partition coefficient (Wildman–Crippen LogP) is 3.60. The molecular weight excluding hydrogens is 384 g/mol. The van der Waals surface area contributed by atoms with Gasteiger partial charge in [-0.2, -0.15) is 4.31 Å². The van der Waals surface area contributed by atoms with Crippen molar-refractivity contribution in [2.45, 2.75) is 33.4 Å². The largest absolute Gasteiger partial charge is 0.348 e. The van der Waals surface area contributed by atoms with Gasteiger partial charge in [0.25, 0.3) is 0 Å². The normalized spacial score (nSPS) is 12.8.